The molecule has 0 saturated carbocycles. The maximum Gasteiger partial charge on any atom is 0.249 e. The molecule has 0 unspecified atom stereocenters. The lowest BCUT2D eigenvalue weighted by Crippen LogP contribution is -2.14. The Morgan fingerprint density at radius 1 is 1.54 bits per heavy atom. The Labute approximate surface area is 76.6 Å². The molecule has 13 heavy (non-hydrogen) atoms. The highest BCUT2D eigenvalue weighted by Crippen LogP contribution is 2.14. The number of primary amides is 1. The number of carbonyl (C=O) groups excluding carboxylic acids is 1. The topological polar surface area (TPSA) is 43.1 Å². The van der Waals surface area contributed by atoms with E-state index in [1.54, 1.807) is 6.07 Å². The molecule has 0 atom stereocenters. The first kappa shape index (κ1) is 9.71. The van der Waals surface area contributed by atoms with Crippen LogP contribution in [0.4, 0.5) is 4.39 Å². The van der Waals surface area contributed by atoms with Gasteiger partial charge in [0.2, 0.25) is 5.91 Å². The van der Waals surface area contributed by atoms with Crippen molar-refractivity contribution in [2.75, 3.05) is 0 Å². The zero-order chi connectivity index (χ0) is 9.84. The first-order valence-corrected chi connectivity index (χ1v) is 4.24. The van der Waals surface area contributed by atoms with Crippen molar-refractivity contribution in [3.8, 4) is 0 Å². The van der Waals surface area contributed by atoms with Gasteiger partial charge in [-0.05, 0) is 18.6 Å². The van der Waals surface area contributed by atoms with Crippen LogP contribution in [0.2, 0.25) is 0 Å². The Morgan fingerprint density at radius 2 is 2.23 bits per heavy atom. The Morgan fingerprint density at radius 3 is 2.77 bits per heavy atom. The van der Waals surface area contributed by atoms with Gasteiger partial charge in [-0.2, -0.15) is 0 Å². The van der Waals surface area contributed by atoms with Crippen molar-refractivity contribution in [3.63, 3.8) is 0 Å². The largest absolute Gasteiger partial charge is 0.366 e. The molecule has 1 aromatic carbocycles. The average Bonchev–Trinajstić information content (AvgIpc) is 2.08. The van der Waals surface area contributed by atoms with Gasteiger partial charge in [-0.3, -0.25) is 4.79 Å². The van der Waals surface area contributed by atoms with Gasteiger partial charge in [-0.1, -0.05) is 19.4 Å². The molecule has 2 N–H and O–H groups in total. The minimum atomic E-state index is -0.567. The van der Waals surface area contributed by atoms with Gasteiger partial charge in [0.15, 0.2) is 0 Å². The van der Waals surface area contributed by atoms with E-state index in [0.717, 1.165) is 6.42 Å². The quantitative estimate of drug-likeness (QED) is 0.760. The predicted molar refractivity (Wildman–Crippen MR) is 48.9 cm³/mol. The van der Waals surface area contributed by atoms with E-state index in [-0.39, 0.29) is 5.82 Å². The molecule has 2 nitrogen and oxygen atoms in total. The molecule has 0 aliphatic heterocycles. The Balaban J connectivity index is 3.17. The number of halogens is 1. The lowest BCUT2D eigenvalue weighted by atomic mass is 10.0. The van der Waals surface area contributed by atoms with Crippen LogP contribution in [0.25, 0.3) is 0 Å². The molecule has 0 aliphatic carbocycles. The van der Waals surface area contributed by atoms with Crippen LogP contribution in [0, 0.1) is 5.82 Å². The van der Waals surface area contributed by atoms with Crippen molar-refractivity contribution in [1.29, 1.82) is 0 Å². The van der Waals surface area contributed by atoms with Gasteiger partial charge in [-0.15, -0.1) is 0 Å². The van der Waals surface area contributed by atoms with Crippen LogP contribution in [0.1, 0.15) is 29.3 Å². The molecular formula is C10H12FNO. The number of hydrogen-bond acceptors (Lipinski definition) is 1. The second-order valence-electron chi connectivity index (χ2n) is 2.88. The van der Waals surface area contributed by atoms with E-state index in [0.29, 0.717) is 17.5 Å². The van der Waals surface area contributed by atoms with Gasteiger partial charge in [0.25, 0.3) is 0 Å². The van der Waals surface area contributed by atoms with Crippen LogP contribution in [0.5, 0.6) is 0 Å². The second-order valence-corrected chi connectivity index (χ2v) is 2.88. The standard InChI is InChI=1S/C10H12FNO/c1-2-4-7-8(10(12)13)5-3-6-9(7)11/h3,5-6H,2,4H2,1H3,(H2,12,13). The number of nitrogens with two attached hydrogens (primary N) is 1. The molecule has 0 bridgehead atoms. The third-order valence-corrected chi connectivity index (χ3v) is 1.88. The molecule has 70 valence electrons. The van der Waals surface area contributed by atoms with Crippen LogP contribution in [-0.4, -0.2) is 5.91 Å². The third-order valence-electron chi connectivity index (χ3n) is 1.88. The highest BCUT2D eigenvalue weighted by atomic mass is 19.1. The summed E-state index contributed by atoms with van der Waals surface area (Å²) in [5.74, 6) is -0.916. The van der Waals surface area contributed by atoms with E-state index < -0.39 is 5.91 Å². The van der Waals surface area contributed by atoms with E-state index in [9.17, 15) is 9.18 Å². The predicted octanol–water partition coefficient (Wildman–Crippen LogP) is 1.88. The lowest BCUT2D eigenvalue weighted by molar-refractivity contribution is 0.0999. The molecule has 0 saturated heterocycles. The fraction of sp³-hybridized carbons (Fsp3) is 0.300. The van der Waals surface area contributed by atoms with Gasteiger partial charge in [-0.25, -0.2) is 4.39 Å². The van der Waals surface area contributed by atoms with E-state index in [2.05, 4.69) is 0 Å². The Bertz CT molecular complexity index is 323. The van der Waals surface area contributed by atoms with E-state index >= 15 is 0 Å². The molecule has 1 rings (SSSR count). The van der Waals surface area contributed by atoms with Crippen LogP contribution < -0.4 is 5.73 Å². The number of amides is 1. The SMILES string of the molecule is CCCc1c(F)cccc1C(N)=O. The normalized spacial score (nSPS) is 10.0. The van der Waals surface area contributed by atoms with Gasteiger partial charge in [0.05, 0.1) is 0 Å². The molecule has 1 amide bonds. The minimum absolute atomic E-state index is 0.293. The number of rotatable bonds is 3. The molecule has 1 aromatic rings. The van der Waals surface area contributed by atoms with Crippen molar-refractivity contribution in [1.82, 2.24) is 0 Å². The summed E-state index contributed by atoms with van der Waals surface area (Å²) in [6.45, 7) is 1.93. The number of hydrogen-bond donors (Lipinski definition) is 1. The summed E-state index contributed by atoms with van der Waals surface area (Å²) >= 11 is 0. The summed E-state index contributed by atoms with van der Waals surface area (Å²) < 4.78 is 13.2. The Kier molecular flexibility index (Phi) is 3.01. The summed E-state index contributed by atoms with van der Waals surface area (Å²) in [7, 11) is 0. The maximum absolute atomic E-state index is 13.2. The first-order chi connectivity index (χ1) is 6.16. The monoisotopic (exact) mass is 181 g/mol. The summed E-state index contributed by atoms with van der Waals surface area (Å²) in [5, 5.41) is 0. The van der Waals surface area contributed by atoms with E-state index in [1.165, 1.54) is 12.1 Å². The smallest absolute Gasteiger partial charge is 0.249 e. The average molecular weight is 181 g/mol. The molecular weight excluding hydrogens is 169 g/mol. The molecule has 0 aliphatic rings. The van der Waals surface area contributed by atoms with Gasteiger partial charge < -0.3 is 5.73 Å². The van der Waals surface area contributed by atoms with E-state index in [1.807, 2.05) is 6.92 Å². The first-order valence-electron chi connectivity index (χ1n) is 4.24. The van der Waals surface area contributed by atoms with Crippen LogP contribution >= 0.6 is 0 Å². The molecule has 0 radical (unpaired) electrons. The highest BCUT2D eigenvalue weighted by molar-refractivity contribution is 5.94. The van der Waals surface area contributed by atoms with Crippen LogP contribution in [-0.2, 0) is 6.42 Å². The summed E-state index contributed by atoms with van der Waals surface area (Å²) in [5.41, 5.74) is 5.83. The van der Waals surface area contributed by atoms with Gasteiger partial charge >= 0.3 is 0 Å². The summed E-state index contributed by atoms with van der Waals surface area (Å²) in [4.78, 5) is 10.9. The van der Waals surface area contributed by atoms with Crippen molar-refractivity contribution in [2.24, 2.45) is 5.73 Å². The van der Waals surface area contributed by atoms with Crippen molar-refractivity contribution >= 4 is 5.91 Å². The minimum Gasteiger partial charge on any atom is -0.366 e. The molecule has 0 spiro atoms. The number of carbonyl (C=O) groups is 1. The second kappa shape index (κ2) is 4.03. The molecule has 0 fully saturated rings. The van der Waals surface area contributed by atoms with Crippen molar-refractivity contribution in [2.45, 2.75) is 19.8 Å². The summed E-state index contributed by atoms with van der Waals surface area (Å²) in [6.07, 6.45) is 1.34. The lowest BCUT2D eigenvalue weighted by Gasteiger charge is -2.05. The highest BCUT2D eigenvalue weighted by Gasteiger charge is 2.10. The molecule has 0 heterocycles. The maximum atomic E-state index is 13.2. The van der Waals surface area contributed by atoms with Gasteiger partial charge in [0, 0.05) is 11.1 Å². The third kappa shape index (κ3) is 2.05. The zero-order valence-corrected chi connectivity index (χ0v) is 7.51. The van der Waals surface area contributed by atoms with Gasteiger partial charge in [0.1, 0.15) is 5.82 Å². The van der Waals surface area contributed by atoms with Crippen LogP contribution in [0.3, 0.4) is 0 Å². The summed E-state index contributed by atoms with van der Waals surface area (Å²) in [6, 6.07) is 4.39. The zero-order valence-electron chi connectivity index (χ0n) is 7.51. The van der Waals surface area contributed by atoms with Crippen molar-refractivity contribution in [3.05, 3.63) is 35.1 Å². The fourth-order valence-corrected chi connectivity index (χ4v) is 1.29. The number of benzene rings is 1. The van der Waals surface area contributed by atoms with Crippen molar-refractivity contribution < 1.29 is 9.18 Å². The molecule has 3 heteroatoms. The molecule has 0 aromatic heterocycles. The Hall–Kier alpha value is -1.38. The van der Waals surface area contributed by atoms with Crippen LogP contribution in [0.15, 0.2) is 18.2 Å². The van der Waals surface area contributed by atoms with E-state index in [4.69, 9.17) is 5.73 Å². The fourth-order valence-electron chi connectivity index (χ4n) is 1.29.